The molecule has 142 valence electrons. The Bertz CT molecular complexity index is 881. The van der Waals surface area contributed by atoms with Gasteiger partial charge in [0.2, 0.25) is 0 Å². The molecule has 0 unspecified atom stereocenters. The van der Waals surface area contributed by atoms with E-state index in [1.165, 1.54) is 6.07 Å². The number of rotatable bonds is 4. The molecule has 0 aromatic heterocycles. The maximum absolute atomic E-state index is 12.3. The molecule has 0 bridgehead atoms. The summed E-state index contributed by atoms with van der Waals surface area (Å²) in [6, 6.07) is 9.32. The Morgan fingerprint density at radius 3 is 2.70 bits per heavy atom. The molecule has 8 heteroatoms. The number of phenolic OH excluding ortho intramolecular Hbond substituents is 1. The Morgan fingerprint density at radius 2 is 2.00 bits per heavy atom. The lowest BCUT2D eigenvalue weighted by Crippen LogP contribution is -2.36. The second-order valence-corrected chi connectivity index (χ2v) is 7.89. The topological polar surface area (TPSA) is 74.2 Å². The molecule has 27 heavy (non-hydrogen) atoms. The lowest BCUT2D eigenvalue weighted by atomic mass is 10.1. The Balaban J connectivity index is 1.68. The second-order valence-electron chi connectivity index (χ2n) is 6.12. The number of anilines is 1. The number of hydrazone groups is 1. The van der Waals surface area contributed by atoms with Gasteiger partial charge >= 0.3 is 0 Å². The van der Waals surface area contributed by atoms with Crippen molar-refractivity contribution in [1.29, 1.82) is 0 Å². The van der Waals surface area contributed by atoms with Gasteiger partial charge in [0.1, 0.15) is 5.75 Å². The van der Waals surface area contributed by atoms with Gasteiger partial charge in [0.05, 0.1) is 29.5 Å². The number of amides is 1. The van der Waals surface area contributed by atoms with Crippen molar-refractivity contribution in [3.05, 3.63) is 56.0 Å². The summed E-state index contributed by atoms with van der Waals surface area (Å²) in [6.07, 6.45) is 1.60. The van der Waals surface area contributed by atoms with Crippen LogP contribution in [0, 0.1) is 6.92 Å². The van der Waals surface area contributed by atoms with Gasteiger partial charge in [-0.2, -0.15) is 5.10 Å². The van der Waals surface area contributed by atoms with Crippen molar-refractivity contribution in [1.82, 2.24) is 5.43 Å². The number of hydrogen-bond donors (Lipinski definition) is 2. The van der Waals surface area contributed by atoms with Crippen molar-refractivity contribution in [2.45, 2.75) is 6.92 Å². The van der Waals surface area contributed by atoms with Gasteiger partial charge in [0.25, 0.3) is 5.91 Å². The second kappa shape index (κ2) is 8.86. The summed E-state index contributed by atoms with van der Waals surface area (Å²) in [7, 11) is 0. The zero-order chi connectivity index (χ0) is 19.4. The molecular weight excluding hydrogens is 478 g/mol. The zero-order valence-electron chi connectivity index (χ0n) is 14.7. The van der Waals surface area contributed by atoms with Crippen LogP contribution in [0.3, 0.4) is 0 Å². The van der Waals surface area contributed by atoms with Crippen molar-refractivity contribution in [2.75, 3.05) is 31.2 Å². The fraction of sp³-hybridized carbons (Fsp3) is 0.263. The molecule has 3 rings (SSSR count). The molecule has 1 aliphatic heterocycles. The quantitative estimate of drug-likeness (QED) is 0.498. The maximum atomic E-state index is 12.3. The van der Waals surface area contributed by atoms with E-state index in [9.17, 15) is 9.90 Å². The highest BCUT2D eigenvalue weighted by Gasteiger charge is 2.15. The number of aromatic hydroxyl groups is 1. The molecule has 0 saturated carbocycles. The van der Waals surface area contributed by atoms with Gasteiger partial charge in [0, 0.05) is 23.2 Å². The Hall–Kier alpha value is -1.90. The number of ether oxygens (including phenoxy) is 1. The van der Waals surface area contributed by atoms with Crippen LogP contribution >= 0.6 is 31.9 Å². The highest BCUT2D eigenvalue weighted by Crippen LogP contribution is 2.31. The van der Waals surface area contributed by atoms with Crippen LogP contribution in [0.1, 0.15) is 21.5 Å². The monoisotopic (exact) mass is 495 g/mol. The summed E-state index contributed by atoms with van der Waals surface area (Å²) in [5, 5.41) is 14.0. The molecular formula is C19H19Br2N3O3. The van der Waals surface area contributed by atoms with Crippen molar-refractivity contribution in [3.63, 3.8) is 0 Å². The number of hydrogen-bond acceptors (Lipinski definition) is 5. The normalized spacial score (nSPS) is 14.6. The summed E-state index contributed by atoms with van der Waals surface area (Å²) >= 11 is 6.51. The Morgan fingerprint density at radius 1 is 1.26 bits per heavy atom. The minimum Gasteiger partial charge on any atom is -0.506 e. The van der Waals surface area contributed by atoms with Gasteiger partial charge in [0.15, 0.2) is 0 Å². The SMILES string of the molecule is Cc1cc(N2CCOCC2)ccc1/C=N\NC(=O)c1cc(Br)cc(Br)c1O. The predicted molar refractivity (Wildman–Crippen MR) is 113 cm³/mol. The molecule has 1 aliphatic rings. The first-order valence-corrected chi connectivity index (χ1v) is 9.99. The van der Waals surface area contributed by atoms with E-state index < -0.39 is 5.91 Å². The van der Waals surface area contributed by atoms with Crippen LogP contribution in [0.5, 0.6) is 5.75 Å². The van der Waals surface area contributed by atoms with Gasteiger partial charge in [-0.05, 0) is 58.2 Å². The number of carbonyl (C=O) groups excluding carboxylic acids is 1. The average molecular weight is 497 g/mol. The van der Waals surface area contributed by atoms with Crippen LogP contribution in [0.15, 0.2) is 44.4 Å². The minimum absolute atomic E-state index is 0.128. The van der Waals surface area contributed by atoms with Crippen molar-refractivity contribution < 1.29 is 14.6 Å². The van der Waals surface area contributed by atoms with E-state index in [1.54, 1.807) is 12.3 Å². The molecule has 6 nitrogen and oxygen atoms in total. The number of benzene rings is 2. The van der Waals surface area contributed by atoms with E-state index in [-0.39, 0.29) is 11.3 Å². The fourth-order valence-electron chi connectivity index (χ4n) is 2.78. The lowest BCUT2D eigenvalue weighted by molar-refractivity contribution is 0.0952. The van der Waals surface area contributed by atoms with Gasteiger partial charge in [-0.15, -0.1) is 0 Å². The molecule has 1 heterocycles. The summed E-state index contributed by atoms with van der Waals surface area (Å²) in [5.41, 5.74) is 5.71. The molecule has 0 atom stereocenters. The standard InChI is InChI=1S/C19H19Br2N3O3/c1-12-8-15(24-4-6-27-7-5-24)3-2-13(12)11-22-23-19(26)16-9-14(20)10-17(21)18(16)25/h2-3,8-11,25H,4-7H2,1H3,(H,23,26)/b22-11-. The van der Waals surface area contributed by atoms with E-state index in [1.807, 2.05) is 19.1 Å². The number of carbonyl (C=O) groups is 1. The maximum Gasteiger partial charge on any atom is 0.275 e. The van der Waals surface area contributed by atoms with E-state index in [2.05, 4.69) is 53.4 Å². The first-order valence-electron chi connectivity index (χ1n) is 8.40. The molecule has 1 fully saturated rings. The molecule has 0 spiro atoms. The molecule has 2 aromatic carbocycles. The molecule has 1 saturated heterocycles. The van der Waals surface area contributed by atoms with E-state index in [4.69, 9.17) is 4.74 Å². The van der Waals surface area contributed by atoms with Crippen LogP contribution in [0.25, 0.3) is 0 Å². The van der Waals surface area contributed by atoms with Crippen LogP contribution < -0.4 is 10.3 Å². The molecule has 2 N–H and O–H groups in total. The number of halogens is 2. The van der Waals surface area contributed by atoms with Crippen LogP contribution in [0.4, 0.5) is 5.69 Å². The van der Waals surface area contributed by atoms with Crippen LogP contribution in [-0.4, -0.2) is 43.5 Å². The number of aryl methyl sites for hydroxylation is 1. The number of phenols is 1. The third kappa shape index (κ3) is 4.88. The van der Waals surface area contributed by atoms with E-state index in [0.717, 1.165) is 43.1 Å². The highest BCUT2D eigenvalue weighted by atomic mass is 79.9. The predicted octanol–water partition coefficient (Wildman–Crippen LogP) is 3.83. The van der Waals surface area contributed by atoms with Gasteiger partial charge in [-0.1, -0.05) is 22.0 Å². The smallest absolute Gasteiger partial charge is 0.275 e. The van der Waals surface area contributed by atoms with Crippen molar-refractivity contribution in [3.8, 4) is 5.75 Å². The average Bonchev–Trinajstić information content (AvgIpc) is 2.66. The first kappa shape index (κ1) is 19.9. The molecule has 0 radical (unpaired) electrons. The summed E-state index contributed by atoms with van der Waals surface area (Å²) < 4.78 is 6.49. The van der Waals surface area contributed by atoms with Crippen molar-refractivity contribution >= 4 is 49.7 Å². The minimum atomic E-state index is -0.492. The zero-order valence-corrected chi connectivity index (χ0v) is 17.9. The third-order valence-corrected chi connectivity index (χ3v) is 5.33. The molecule has 0 aliphatic carbocycles. The summed E-state index contributed by atoms with van der Waals surface area (Å²) in [5.74, 6) is -0.620. The fourth-order valence-corrected chi connectivity index (χ4v) is 4.01. The molecule has 2 aromatic rings. The van der Waals surface area contributed by atoms with Gasteiger partial charge < -0.3 is 14.7 Å². The number of nitrogens with one attached hydrogen (secondary N) is 1. The first-order chi connectivity index (χ1) is 13.0. The summed E-state index contributed by atoms with van der Waals surface area (Å²) in [6.45, 7) is 5.26. The molecule has 1 amide bonds. The third-order valence-electron chi connectivity index (χ3n) is 4.27. The van der Waals surface area contributed by atoms with E-state index in [0.29, 0.717) is 8.95 Å². The highest BCUT2D eigenvalue weighted by molar-refractivity contribution is 9.11. The Labute approximate surface area is 174 Å². The van der Waals surface area contributed by atoms with Crippen molar-refractivity contribution in [2.24, 2.45) is 5.10 Å². The number of morpholine rings is 1. The largest absolute Gasteiger partial charge is 0.506 e. The summed E-state index contributed by atoms with van der Waals surface area (Å²) in [4.78, 5) is 14.5. The van der Waals surface area contributed by atoms with Crippen LogP contribution in [-0.2, 0) is 4.74 Å². The van der Waals surface area contributed by atoms with Gasteiger partial charge in [-0.25, -0.2) is 5.43 Å². The lowest BCUT2D eigenvalue weighted by Gasteiger charge is -2.29. The Kier molecular flexibility index (Phi) is 6.51. The number of nitrogens with zero attached hydrogens (tertiary/aromatic N) is 2. The van der Waals surface area contributed by atoms with E-state index >= 15 is 0 Å². The van der Waals surface area contributed by atoms with Crippen LogP contribution in [0.2, 0.25) is 0 Å². The van der Waals surface area contributed by atoms with Gasteiger partial charge in [-0.3, -0.25) is 4.79 Å².